The van der Waals surface area contributed by atoms with Crippen LogP contribution in [0, 0.1) is 11.3 Å². The lowest BCUT2D eigenvalue weighted by Crippen LogP contribution is -2.31. The molecule has 0 saturated carbocycles. The Kier molecular flexibility index (Phi) is 6.91. The fourth-order valence-corrected chi connectivity index (χ4v) is 4.78. The maximum absolute atomic E-state index is 12.9. The van der Waals surface area contributed by atoms with Gasteiger partial charge in [-0.15, -0.1) is 0 Å². The quantitative estimate of drug-likeness (QED) is 0.419. The minimum atomic E-state index is -0.0637. The van der Waals surface area contributed by atoms with E-state index in [2.05, 4.69) is 47.2 Å². The number of nitrogens with two attached hydrogens (primary N) is 1. The fourth-order valence-electron chi connectivity index (χ4n) is 4.78. The number of fused-ring (bicyclic) bond motifs is 2. The number of carbonyl (C=O) groups is 1. The summed E-state index contributed by atoms with van der Waals surface area (Å²) in [5.41, 5.74) is 12.3. The molecule has 2 aromatic heterocycles. The van der Waals surface area contributed by atoms with Crippen molar-refractivity contribution in [3.8, 4) is 11.4 Å². The lowest BCUT2D eigenvalue weighted by atomic mass is 9.76. The largest absolute Gasteiger partial charge is 0.380 e. The number of anilines is 1. The maximum atomic E-state index is 12.9. The normalized spacial score (nSPS) is 16.0. The van der Waals surface area contributed by atoms with Gasteiger partial charge in [0.25, 0.3) is 0 Å². The van der Waals surface area contributed by atoms with Gasteiger partial charge < -0.3 is 20.4 Å². The Hall–Kier alpha value is -2.64. The van der Waals surface area contributed by atoms with Crippen molar-refractivity contribution in [1.29, 1.82) is 0 Å². The highest BCUT2D eigenvalue weighted by Gasteiger charge is 2.29. The SMILES string of the molecule is C[C@H](CCCOCCN)C(=O)N(C)c1ccc2cc(-c3n[nH]c4c3CCC(C)(C)C4)[nH]c2c1. The smallest absolute Gasteiger partial charge is 0.229 e. The molecular formula is C26H37N5O2. The van der Waals surface area contributed by atoms with Crippen LogP contribution in [0.1, 0.15) is 51.3 Å². The van der Waals surface area contributed by atoms with E-state index in [4.69, 9.17) is 10.5 Å². The first-order valence-corrected chi connectivity index (χ1v) is 12.0. The number of hydrogen-bond donors (Lipinski definition) is 3. The average molecular weight is 452 g/mol. The molecule has 178 valence electrons. The number of rotatable bonds is 9. The zero-order valence-electron chi connectivity index (χ0n) is 20.3. The molecule has 0 bridgehead atoms. The van der Waals surface area contributed by atoms with Crippen molar-refractivity contribution >= 4 is 22.5 Å². The van der Waals surface area contributed by atoms with E-state index in [1.807, 2.05) is 20.0 Å². The molecule has 1 aliphatic carbocycles. The van der Waals surface area contributed by atoms with Crippen molar-refractivity contribution in [2.45, 2.75) is 52.9 Å². The molecule has 1 aliphatic rings. The first-order chi connectivity index (χ1) is 15.8. The van der Waals surface area contributed by atoms with Crippen LogP contribution in [0.25, 0.3) is 22.3 Å². The number of carbonyl (C=O) groups excluding carboxylic acids is 1. The Morgan fingerprint density at radius 3 is 2.91 bits per heavy atom. The monoisotopic (exact) mass is 451 g/mol. The minimum absolute atomic E-state index is 0.0637. The van der Waals surface area contributed by atoms with Gasteiger partial charge in [-0.25, -0.2) is 0 Å². The lowest BCUT2D eigenvalue weighted by Gasteiger charge is -2.28. The first-order valence-electron chi connectivity index (χ1n) is 12.0. The Bertz CT molecular complexity index is 1110. The van der Waals surface area contributed by atoms with Crippen LogP contribution in [0.2, 0.25) is 0 Å². The molecule has 3 aromatic rings. The van der Waals surface area contributed by atoms with E-state index < -0.39 is 0 Å². The molecule has 0 fully saturated rings. The van der Waals surface area contributed by atoms with Crippen molar-refractivity contribution in [3.05, 3.63) is 35.5 Å². The van der Waals surface area contributed by atoms with Crippen molar-refractivity contribution < 1.29 is 9.53 Å². The molecular weight excluding hydrogens is 414 g/mol. The van der Waals surface area contributed by atoms with Crippen LogP contribution in [-0.4, -0.2) is 47.9 Å². The van der Waals surface area contributed by atoms with Crippen LogP contribution in [0.3, 0.4) is 0 Å². The second kappa shape index (κ2) is 9.69. The van der Waals surface area contributed by atoms with Gasteiger partial charge in [0.05, 0.1) is 12.3 Å². The van der Waals surface area contributed by atoms with Gasteiger partial charge in [0.1, 0.15) is 5.69 Å². The topological polar surface area (TPSA) is 100 Å². The summed E-state index contributed by atoms with van der Waals surface area (Å²) in [5, 5.41) is 9.04. The molecule has 4 N–H and O–H groups in total. The Morgan fingerprint density at radius 2 is 2.12 bits per heavy atom. The van der Waals surface area contributed by atoms with Gasteiger partial charge in [-0.3, -0.25) is 9.89 Å². The third-order valence-electron chi connectivity index (χ3n) is 6.85. The number of aromatic nitrogens is 3. The average Bonchev–Trinajstić information content (AvgIpc) is 3.39. The summed E-state index contributed by atoms with van der Waals surface area (Å²) in [6.45, 7) is 8.35. The van der Waals surface area contributed by atoms with Crippen molar-refractivity contribution in [3.63, 3.8) is 0 Å². The molecule has 7 heteroatoms. The minimum Gasteiger partial charge on any atom is -0.380 e. The summed E-state index contributed by atoms with van der Waals surface area (Å²) in [6.07, 6.45) is 4.89. The Balaban J connectivity index is 1.47. The zero-order valence-corrected chi connectivity index (χ0v) is 20.3. The van der Waals surface area contributed by atoms with Crippen LogP contribution >= 0.6 is 0 Å². The summed E-state index contributed by atoms with van der Waals surface area (Å²) in [6, 6.07) is 8.29. The van der Waals surface area contributed by atoms with Crippen molar-refractivity contribution in [2.24, 2.45) is 17.1 Å². The van der Waals surface area contributed by atoms with E-state index in [-0.39, 0.29) is 11.8 Å². The standard InChI is InChI=1S/C26H37N5O2/c1-17(6-5-12-33-13-11-27)25(32)31(4)19-8-7-18-14-22(28-21(18)15-19)24-20-9-10-26(2,3)16-23(20)29-30-24/h7-8,14-15,17,28H,5-6,9-13,16,27H2,1-4H3,(H,29,30)/t17-/m1/s1. The third-order valence-corrected chi connectivity index (χ3v) is 6.85. The number of H-pyrrole nitrogens is 2. The predicted molar refractivity (Wildman–Crippen MR) is 133 cm³/mol. The third kappa shape index (κ3) is 5.14. The van der Waals surface area contributed by atoms with E-state index in [1.54, 1.807) is 4.90 Å². The molecule has 0 spiro atoms. The fraction of sp³-hybridized carbons (Fsp3) is 0.538. The molecule has 1 aromatic carbocycles. The van der Waals surface area contributed by atoms with Gasteiger partial charge in [-0.1, -0.05) is 26.8 Å². The summed E-state index contributed by atoms with van der Waals surface area (Å²) in [5.74, 6) is 0.0511. The van der Waals surface area contributed by atoms with Crippen LogP contribution in [0.5, 0.6) is 0 Å². The van der Waals surface area contributed by atoms with Gasteiger partial charge >= 0.3 is 0 Å². The molecule has 2 heterocycles. The van der Waals surface area contributed by atoms with Crippen molar-refractivity contribution in [1.82, 2.24) is 15.2 Å². The van der Waals surface area contributed by atoms with Crippen molar-refractivity contribution in [2.75, 3.05) is 31.7 Å². The summed E-state index contributed by atoms with van der Waals surface area (Å²) < 4.78 is 5.42. The molecule has 0 aliphatic heterocycles. The van der Waals surface area contributed by atoms with Crippen LogP contribution in [-0.2, 0) is 22.4 Å². The van der Waals surface area contributed by atoms with Gasteiger partial charge in [0, 0.05) is 54.0 Å². The predicted octanol–water partition coefficient (Wildman–Crippen LogP) is 4.43. The molecule has 1 amide bonds. The molecule has 7 nitrogen and oxygen atoms in total. The second-order valence-electron chi connectivity index (χ2n) is 10.2. The van der Waals surface area contributed by atoms with Gasteiger partial charge in [0.2, 0.25) is 5.91 Å². The molecule has 0 unspecified atom stereocenters. The Morgan fingerprint density at radius 1 is 1.30 bits per heavy atom. The van der Waals surface area contributed by atoms with E-state index in [9.17, 15) is 4.79 Å². The van der Waals surface area contributed by atoms with E-state index >= 15 is 0 Å². The van der Waals surface area contributed by atoms with E-state index in [0.29, 0.717) is 25.2 Å². The van der Waals surface area contributed by atoms with Gasteiger partial charge in [-0.2, -0.15) is 5.10 Å². The van der Waals surface area contributed by atoms with Gasteiger partial charge in [-0.05, 0) is 55.7 Å². The molecule has 33 heavy (non-hydrogen) atoms. The highest BCUT2D eigenvalue weighted by atomic mass is 16.5. The zero-order chi connectivity index (χ0) is 23.6. The summed E-state index contributed by atoms with van der Waals surface area (Å²) >= 11 is 0. The molecule has 0 saturated heterocycles. The number of ether oxygens (including phenoxy) is 1. The number of nitrogens with one attached hydrogen (secondary N) is 2. The van der Waals surface area contributed by atoms with Crippen LogP contribution < -0.4 is 10.6 Å². The molecule has 4 rings (SSSR count). The van der Waals surface area contributed by atoms with Crippen LogP contribution in [0.15, 0.2) is 24.3 Å². The van der Waals surface area contributed by atoms with E-state index in [1.165, 1.54) is 17.7 Å². The second-order valence-corrected chi connectivity index (χ2v) is 10.2. The number of benzene rings is 1. The highest BCUT2D eigenvalue weighted by Crippen LogP contribution is 2.38. The number of aromatic amines is 2. The first kappa shape index (κ1) is 23.5. The van der Waals surface area contributed by atoms with E-state index in [0.717, 1.165) is 53.7 Å². The molecule has 0 radical (unpaired) electrons. The summed E-state index contributed by atoms with van der Waals surface area (Å²) in [7, 11) is 1.85. The number of nitrogens with zero attached hydrogens (tertiary/aromatic N) is 2. The lowest BCUT2D eigenvalue weighted by molar-refractivity contribution is -0.121. The highest BCUT2D eigenvalue weighted by molar-refractivity contribution is 5.97. The van der Waals surface area contributed by atoms with Crippen LogP contribution in [0.4, 0.5) is 5.69 Å². The summed E-state index contributed by atoms with van der Waals surface area (Å²) in [4.78, 5) is 18.2. The number of hydrogen-bond acceptors (Lipinski definition) is 4. The maximum Gasteiger partial charge on any atom is 0.229 e. The number of amides is 1. The van der Waals surface area contributed by atoms with Gasteiger partial charge in [0.15, 0.2) is 0 Å². The Labute approximate surface area is 196 Å². The molecule has 1 atom stereocenters.